The molecule has 0 unspecified atom stereocenters. The molecule has 2 aromatic rings. The van der Waals surface area contributed by atoms with Crippen LogP contribution in [-0.4, -0.2) is 32.1 Å². The molecule has 5 heteroatoms. The van der Waals surface area contributed by atoms with Crippen molar-refractivity contribution in [1.82, 2.24) is 10.2 Å². The lowest BCUT2D eigenvalue weighted by atomic mass is 10.2. The van der Waals surface area contributed by atoms with Gasteiger partial charge in [-0.15, -0.1) is 0 Å². The van der Waals surface area contributed by atoms with Gasteiger partial charge in [0.05, 0.1) is 0 Å². The van der Waals surface area contributed by atoms with Gasteiger partial charge in [0.1, 0.15) is 0 Å². The summed E-state index contributed by atoms with van der Waals surface area (Å²) in [5.74, 6) is 0. The Kier molecular flexibility index (Phi) is 5.88. The van der Waals surface area contributed by atoms with E-state index in [0.29, 0.717) is 18.1 Å². The second-order valence-corrected chi connectivity index (χ2v) is 6.14. The topological polar surface area (TPSA) is 35.6 Å². The highest BCUT2D eigenvalue weighted by molar-refractivity contribution is 6.30. The van der Waals surface area contributed by atoms with E-state index >= 15 is 0 Å². The zero-order valence-corrected chi connectivity index (χ0v) is 14.5. The lowest BCUT2D eigenvalue weighted by Gasteiger charge is -2.18. The van der Waals surface area contributed by atoms with Gasteiger partial charge in [-0.25, -0.2) is 4.79 Å². The number of nitrogens with zero attached hydrogens (tertiary/aromatic N) is 2. The summed E-state index contributed by atoms with van der Waals surface area (Å²) in [6, 6.07) is 15.5. The van der Waals surface area contributed by atoms with E-state index in [4.69, 9.17) is 11.6 Å². The number of hydrogen-bond donors (Lipinski definition) is 1. The summed E-state index contributed by atoms with van der Waals surface area (Å²) in [6.45, 7) is 1.03. The molecule has 0 heterocycles. The molecule has 2 aromatic carbocycles. The summed E-state index contributed by atoms with van der Waals surface area (Å²) in [5.41, 5.74) is 3.21. The zero-order chi connectivity index (χ0) is 16.8. The maximum absolute atomic E-state index is 12.2. The van der Waals surface area contributed by atoms with Crippen LogP contribution in [0.1, 0.15) is 11.1 Å². The van der Waals surface area contributed by atoms with E-state index in [1.807, 2.05) is 67.5 Å². The first kappa shape index (κ1) is 17.2. The molecule has 0 aliphatic rings. The van der Waals surface area contributed by atoms with Crippen molar-refractivity contribution in [2.24, 2.45) is 0 Å². The molecule has 0 spiro atoms. The molecule has 0 fully saturated rings. The van der Waals surface area contributed by atoms with Crippen LogP contribution >= 0.6 is 11.6 Å². The van der Waals surface area contributed by atoms with Gasteiger partial charge >= 0.3 is 6.03 Å². The van der Waals surface area contributed by atoms with E-state index in [-0.39, 0.29) is 6.03 Å². The molecule has 2 rings (SSSR count). The third kappa shape index (κ3) is 5.18. The highest BCUT2D eigenvalue weighted by atomic mass is 35.5. The number of amides is 2. The SMILES string of the molecule is CN(Cc1cccc(Cl)c1)C(=O)NCc1ccc(N(C)C)cc1. The van der Waals surface area contributed by atoms with E-state index in [2.05, 4.69) is 5.32 Å². The first-order valence-corrected chi connectivity index (χ1v) is 7.83. The zero-order valence-electron chi connectivity index (χ0n) is 13.7. The van der Waals surface area contributed by atoms with Crippen LogP contribution in [0.15, 0.2) is 48.5 Å². The Morgan fingerprint density at radius 2 is 1.74 bits per heavy atom. The van der Waals surface area contributed by atoms with Crippen LogP contribution in [0, 0.1) is 0 Å². The molecular weight excluding hydrogens is 310 g/mol. The summed E-state index contributed by atoms with van der Waals surface area (Å²) in [4.78, 5) is 15.8. The number of carbonyl (C=O) groups excluding carboxylic acids is 1. The van der Waals surface area contributed by atoms with Crippen molar-refractivity contribution < 1.29 is 4.79 Å². The van der Waals surface area contributed by atoms with Gasteiger partial charge in [0, 0.05) is 44.9 Å². The van der Waals surface area contributed by atoms with Crippen molar-refractivity contribution in [3.05, 3.63) is 64.7 Å². The summed E-state index contributed by atoms with van der Waals surface area (Å²) in [6.07, 6.45) is 0. The van der Waals surface area contributed by atoms with Crippen molar-refractivity contribution in [3.8, 4) is 0 Å². The summed E-state index contributed by atoms with van der Waals surface area (Å²) in [5, 5.41) is 3.60. The van der Waals surface area contributed by atoms with Gasteiger partial charge < -0.3 is 15.1 Å². The van der Waals surface area contributed by atoms with E-state index in [1.54, 1.807) is 11.9 Å². The number of halogens is 1. The van der Waals surface area contributed by atoms with Gasteiger partial charge in [0.25, 0.3) is 0 Å². The minimum atomic E-state index is -0.110. The largest absolute Gasteiger partial charge is 0.378 e. The molecule has 0 aliphatic heterocycles. The average molecular weight is 332 g/mol. The van der Waals surface area contributed by atoms with E-state index in [1.165, 1.54) is 0 Å². The van der Waals surface area contributed by atoms with E-state index in [0.717, 1.165) is 16.8 Å². The Bertz CT molecular complexity index is 656. The molecule has 23 heavy (non-hydrogen) atoms. The third-order valence-corrected chi connectivity index (χ3v) is 3.79. The fourth-order valence-corrected chi connectivity index (χ4v) is 2.42. The number of nitrogens with one attached hydrogen (secondary N) is 1. The molecule has 0 saturated heterocycles. The molecular formula is C18H22ClN3O. The molecule has 0 bridgehead atoms. The second kappa shape index (κ2) is 7.88. The standard InChI is InChI=1S/C18H22ClN3O/c1-21(2)17-9-7-14(8-10-17)12-20-18(23)22(3)13-15-5-4-6-16(19)11-15/h4-11H,12-13H2,1-3H3,(H,20,23). The first-order valence-electron chi connectivity index (χ1n) is 7.45. The lowest BCUT2D eigenvalue weighted by Crippen LogP contribution is -2.36. The fraction of sp³-hybridized carbons (Fsp3) is 0.278. The highest BCUT2D eigenvalue weighted by Crippen LogP contribution is 2.13. The van der Waals surface area contributed by atoms with Crippen molar-refractivity contribution in [1.29, 1.82) is 0 Å². The minimum Gasteiger partial charge on any atom is -0.378 e. The number of rotatable bonds is 5. The van der Waals surface area contributed by atoms with Crippen LogP contribution in [0.2, 0.25) is 5.02 Å². The van der Waals surface area contributed by atoms with E-state index in [9.17, 15) is 4.79 Å². The maximum atomic E-state index is 12.2. The number of anilines is 1. The van der Waals surface area contributed by atoms with Crippen LogP contribution < -0.4 is 10.2 Å². The average Bonchev–Trinajstić information content (AvgIpc) is 2.53. The molecule has 2 amide bonds. The Morgan fingerprint density at radius 3 is 2.35 bits per heavy atom. The first-order chi connectivity index (χ1) is 11.0. The highest BCUT2D eigenvalue weighted by Gasteiger charge is 2.09. The van der Waals surface area contributed by atoms with Crippen LogP contribution in [0.25, 0.3) is 0 Å². The van der Waals surface area contributed by atoms with Crippen molar-refractivity contribution >= 4 is 23.3 Å². The van der Waals surface area contributed by atoms with Gasteiger partial charge in [0.15, 0.2) is 0 Å². The predicted molar refractivity (Wildman–Crippen MR) is 95.9 cm³/mol. The molecule has 0 radical (unpaired) electrons. The normalized spacial score (nSPS) is 10.3. The summed E-state index contributed by atoms with van der Waals surface area (Å²) in [7, 11) is 5.77. The molecule has 0 aromatic heterocycles. The van der Waals surface area contributed by atoms with Gasteiger partial charge in [-0.2, -0.15) is 0 Å². The maximum Gasteiger partial charge on any atom is 0.317 e. The number of carbonyl (C=O) groups is 1. The Labute approximate surface area is 142 Å². The van der Waals surface area contributed by atoms with Gasteiger partial charge in [-0.1, -0.05) is 35.9 Å². The Morgan fingerprint density at radius 1 is 1.04 bits per heavy atom. The van der Waals surface area contributed by atoms with Gasteiger partial charge in [0.2, 0.25) is 0 Å². The molecule has 0 saturated carbocycles. The quantitative estimate of drug-likeness (QED) is 0.905. The molecule has 122 valence electrons. The molecule has 0 aliphatic carbocycles. The third-order valence-electron chi connectivity index (χ3n) is 3.55. The van der Waals surface area contributed by atoms with Crippen molar-refractivity contribution in [3.63, 3.8) is 0 Å². The number of urea groups is 1. The van der Waals surface area contributed by atoms with Crippen LogP contribution in [0.4, 0.5) is 10.5 Å². The monoisotopic (exact) mass is 331 g/mol. The second-order valence-electron chi connectivity index (χ2n) is 5.71. The smallest absolute Gasteiger partial charge is 0.317 e. The summed E-state index contributed by atoms with van der Waals surface area (Å²) >= 11 is 5.96. The Hall–Kier alpha value is -2.20. The molecule has 0 atom stereocenters. The van der Waals surface area contributed by atoms with Gasteiger partial charge in [-0.05, 0) is 35.4 Å². The Balaban J connectivity index is 1.86. The van der Waals surface area contributed by atoms with Crippen molar-refractivity contribution in [2.75, 3.05) is 26.0 Å². The molecule has 1 N–H and O–H groups in total. The lowest BCUT2D eigenvalue weighted by molar-refractivity contribution is 0.206. The van der Waals surface area contributed by atoms with Crippen molar-refractivity contribution in [2.45, 2.75) is 13.1 Å². The predicted octanol–water partition coefficient (Wildman–Crippen LogP) is 3.75. The van der Waals surface area contributed by atoms with Crippen LogP contribution in [0.3, 0.4) is 0 Å². The van der Waals surface area contributed by atoms with Gasteiger partial charge in [-0.3, -0.25) is 0 Å². The van der Waals surface area contributed by atoms with Crippen LogP contribution in [-0.2, 0) is 13.1 Å². The fourth-order valence-electron chi connectivity index (χ4n) is 2.21. The minimum absolute atomic E-state index is 0.110. The summed E-state index contributed by atoms with van der Waals surface area (Å²) < 4.78 is 0. The van der Waals surface area contributed by atoms with E-state index < -0.39 is 0 Å². The van der Waals surface area contributed by atoms with Crippen LogP contribution in [0.5, 0.6) is 0 Å². The number of benzene rings is 2. The molecule has 4 nitrogen and oxygen atoms in total. The number of hydrogen-bond acceptors (Lipinski definition) is 2.